The summed E-state index contributed by atoms with van der Waals surface area (Å²) >= 11 is 0. The topological polar surface area (TPSA) is 136 Å². The number of hydrogen-bond acceptors (Lipinski definition) is 7. The summed E-state index contributed by atoms with van der Waals surface area (Å²) in [6, 6.07) is 1.48. The van der Waals surface area contributed by atoms with Gasteiger partial charge in [0.2, 0.25) is 5.82 Å². The van der Waals surface area contributed by atoms with E-state index in [1.165, 1.54) is 6.07 Å². The molecule has 10 heteroatoms. The van der Waals surface area contributed by atoms with Crippen molar-refractivity contribution in [1.82, 2.24) is 4.98 Å². The van der Waals surface area contributed by atoms with Gasteiger partial charge in [-0.2, -0.15) is 8.42 Å². The van der Waals surface area contributed by atoms with Crippen molar-refractivity contribution in [2.24, 2.45) is 11.8 Å². The van der Waals surface area contributed by atoms with Crippen LogP contribution in [0.25, 0.3) is 0 Å². The van der Waals surface area contributed by atoms with Crippen LogP contribution in [0.2, 0.25) is 0 Å². The minimum atomic E-state index is -4.73. The molecule has 1 saturated heterocycles. The summed E-state index contributed by atoms with van der Waals surface area (Å²) < 4.78 is 35.1. The summed E-state index contributed by atoms with van der Waals surface area (Å²) in [6.45, 7) is 6.04. The van der Waals surface area contributed by atoms with Crippen molar-refractivity contribution >= 4 is 28.0 Å². The maximum Gasteiger partial charge on any atom is 0.474 e. The Morgan fingerprint density at radius 3 is 2.73 bits per heavy atom. The van der Waals surface area contributed by atoms with Crippen LogP contribution in [0.3, 0.4) is 0 Å². The lowest BCUT2D eigenvalue weighted by Crippen LogP contribution is -2.51. The predicted octanol–water partition coefficient (Wildman–Crippen LogP) is -0.363. The van der Waals surface area contributed by atoms with Crippen molar-refractivity contribution in [2.45, 2.75) is 26.7 Å². The van der Waals surface area contributed by atoms with E-state index in [-0.39, 0.29) is 11.8 Å². The minimum absolute atomic E-state index is 0.0632. The third-order valence-corrected chi connectivity index (χ3v) is 4.18. The summed E-state index contributed by atoms with van der Waals surface area (Å²) in [7, 11) is -4.73. The van der Waals surface area contributed by atoms with Crippen LogP contribution in [0, 0.1) is 11.8 Å². The summed E-state index contributed by atoms with van der Waals surface area (Å²) in [4.78, 5) is 6.19. The number of aromatic nitrogens is 2. The Morgan fingerprint density at radius 1 is 1.50 bits per heavy atom. The lowest BCUT2D eigenvalue weighted by Gasteiger charge is -2.34. The largest absolute Gasteiger partial charge is 0.474 e. The molecule has 2 rings (SSSR count). The Morgan fingerprint density at radius 2 is 2.18 bits per heavy atom. The molecule has 0 amide bonds. The molecule has 2 heterocycles. The van der Waals surface area contributed by atoms with Crippen molar-refractivity contribution in [1.29, 1.82) is 0 Å². The van der Waals surface area contributed by atoms with Gasteiger partial charge in [-0.05, 0) is 29.4 Å². The Kier molecular flexibility index (Phi) is 4.61. The fraction of sp³-hybridized carbons (Fsp3) is 0.667. The van der Waals surface area contributed by atoms with E-state index in [4.69, 9.17) is 16.0 Å². The Bertz CT molecular complexity index is 626. The summed E-state index contributed by atoms with van der Waals surface area (Å²) in [6.07, 6.45) is 2.21. The van der Waals surface area contributed by atoms with Crippen LogP contribution in [0.1, 0.15) is 26.7 Å². The lowest BCUT2D eigenvalue weighted by atomic mass is 9.88. The number of anilines is 3. The predicted molar refractivity (Wildman–Crippen MR) is 81.2 cm³/mol. The SMILES string of the molecule is CC(C)C1CCCN(c2cc(N)[n+](OS(=O)(=O)O)c(N)n2)C1. The number of nitrogens with two attached hydrogens (primary N) is 2. The highest BCUT2D eigenvalue weighted by Gasteiger charge is 2.27. The molecule has 0 aliphatic carbocycles. The van der Waals surface area contributed by atoms with Crippen LogP contribution in [0.15, 0.2) is 6.07 Å². The average molecular weight is 332 g/mol. The van der Waals surface area contributed by atoms with E-state index in [2.05, 4.69) is 28.0 Å². The van der Waals surface area contributed by atoms with E-state index >= 15 is 0 Å². The Balaban J connectivity index is 2.26. The molecule has 1 atom stereocenters. The van der Waals surface area contributed by atoms with E-state index in [1.807, 2.05) is 0 Å². The molecule has 0 radical (unpaired) electrons. The zero-order chi connectivity index (χ0) is 16.5. The molecule has 9 nitrogen and oxygen atoms in total. The third kappa shape index (κ3) is 3.89. The molecule has 1 unspecified atom stereocenters. The molecule has 5 N–H and O–H groups in total. The lowest BCUT2D eigenvalue weighted by molar-refractivity contribution is -0.835. The van der Waals surface area contributed by atoms with Crippen molar-refractivity contribution < 1.29 is 22.0 Å². The molecule has 124 valence electrons. The molecule has 0 aromatic carbocycles. The van der Waals surface area contributed by atoms with E-state index in [9.17, 15) is 8.42 Å². The number of piperidine rings is 1. The molecule has 1 aliphatic rings. The first-order valence-corrected chi connectivity index (χ1v) is 8.44. The van der Waals surface area contributed by atoms with Crippen LogP contribution >= 0.6 is 0 Å². The molecule has 0 spiro atoms. The van der Waals surface area contributed by atoms with Gasteiger partial charge in [0.1, 0.15) is 0 Å². The van der Waals surface area contributed by atoms with Crippen LogP contribution in [0.4, 0.5) is 17.6 Å². The minimum Gasteiger partial charge on any atom is -0.346 e. The number of rotatable bonds is 4. The van der Waals surface area contributed by atoms with Gasteiger partial charge in [0.05, 0.1) is 6.07 Å². The fourth-order valence-corrected chi connectivity index (χ4v) is 2.97. The maximum atomic E-state index is 10.8. The standard InChI is InChI=1S/C12H21N5O4S/c1-8(2)9-4-3-5-16(7-9)11-6-10(13)17(12(14)15-11)21-22(18,19)20/h6,8-9H,3-5,7H2,1-2H3,(H4,13,14,15,18,19,20)/p+1. The smallest absolute Gasteiger partial charge is 0.346 e. The van der Waals surface area contributed by atoms with Gasteiger partial charge in [-0.15, -0.1) is 0 Å². The maximum absolute atomic E-state index is 10.8. The van der Waals surface area contributed by atoms with E-state index in [0.29, 0.717) is 22.4 Å². The normalized spacial score (nSPS) is 19.5. The number of nitrogen functional groups attached to an aromatic ring is 2. The second kappa shape index (κ2) is 6.13. The van der Waals surface area contributed by atoms with Crippen molar-refractivity contribution in [3.05, 3.63) is 6.07 Å². The van der Waals surface area contributed by atoms with E-state index < -0.39 is 10.4 Å². The molecule has 1 fully saturated rings. The number of nitrogens with zero attached hydrogens (tertiary/aromatic N) is 3. The van der Waals surface area contributed by atoms with Gasteiger partial charge in [0, 0.05) is 13.1 Å². The van der Waals surface area contributed by atoms with Crippen molar-refractivity contribution in [3.8, 4) is 0 Å². The third-order valence-electron chi connectivity index (χ3n) is 3.84. The van der Waals surface area contributed by atoms with Gasteiger partial charge in [-0.25, -0.2) is 4.28 Å². The van der Waals surface area contributed by atoms with Gasteiger partial charge < -0.3 is 16.4 Å². The second-order valence-electron chi connectivity index (χ2n) is 5.79. The zero-order valence-corrected chi connectivity index (χ0v) is 13.5. The molecule has 0 bridgehead atoms. The highest BCUT2D eigenvalue weighted by atomic mass is 32.3. The summed E-state index contributed by atoms with van der Waals surface area (Å²) in [5.74, 6) is 1.37. The van der Waals surface area contributed by atoms with E-state index in [1.54, 1.807) is 0 Å². The molecule has 1 aromatic rings. The Hall–Kier alpha value is -1.81. The first kappa shape index (κ1) is 16.6. The Labute approximate surface area is 129 Å². The van der Waals surface area contributed by atoms with Gasteiger partial charge in [0.25, 0.3) is 0 Å². The first-order chi connectivity index (χ1) is 10.2. The van der Waals surface area contributed by atoms with Gasteiger partial charge in [0.15, 0.2) is 5.82 Å². The highest BCUT2D eigenvalue weighted by molar-refractivity contribution is 7.80. The average Bonchev–Trinajstić information content (AvgIpc) is 2.41. The van der Waals surface area contributed by atoms with Crippen LogP contribution in [0.5, 0.6) is 0 Å². The number of hydrogen-bond donors (Lipinski definition) is 3. The van der Waals surface area contributed by atoms with Crippen molar-refractivity contribution in [3.63, 3.8) is 0 Å². The summed E-state index contributed by atoms with van der Waals surface area (Å²) in [5.41, 5.74) is 11.4. The van der Waals surface area contributed by atoms with Crippen molar-refractivity contribution in [2.75, 3.05) is 29.5 Å². The van der Waals surface area contributed by atoms with Crippen LogP contribution < -0.4 is 25.4 Å². The zero-order valence-electron chi connectivity index (χ0n) is 12.6. The molecule has 22 heavy (non-hydrogen) atoms. The van der Waals surface area contributed by atoms with Gasteiger partial charge in [-0.1, -0.05) is 18.8 Å². The second-order valence-corrected chi connectivity index (χ2v) is 6.79. The highest BCUT2D eigenvalue weighted by Crippen LogP contribution is 2.27. The fourth-order valence-electron chi connectivity index (χ4n) is 2.62. The first-order valence-electron chi connectivity index (χ1n) is 7.07. The van der Waals surface area contributed by atoms with E-state index in [0.717, 1.165) is 25.9 Å². The molecule has 0 saturated carbocycles. The quantitative estimate of drug-likeness (QED) is 0.502. The van der Waals surface area contributed by atoms with Crippen LogP contribution in [-0.4, -0.2) is 31.0 Å². The summed E-state index contributed by atoms with van der Waals surface area (Å²) in [5, 5.41) is 0. The molecular formula is C12H22N5O4S+. The molecule has 1 aromatic heterocycles. The monoisotopic (exact) mass is 332 g/mol. The van der Waals surface area contributed by atoms with Gasteiger partial charge >= 0.3 is 16.3 Å². The van der Waals surface area contributed by atoms with Gasteiger partial charge in [-0.3, -0.25) is 4.55 Å². The van der Waals surface area contributed by atoms with Crippen LogP contribution in [-0.2, 0) is 10.4 Å². The molecular weight excluding hydrogens is 310 g/mol. The molecule has 1 aliphatic heterocycles.